The van der Waals surface area contributed by atoms with Gasteiger partial charge in [-0.15, -0.1) is 0 Å². The monoisotopic (exact) mass is 340 g/mol. The molecule has 0 spiro atoms. The highest BCUT2D eigenvalue weighted by Gasteiger charge is 2.07. The summed E-state index contributed by atoms with van der Waals surface area (Å²) in [4.78, 5) is 25.8. The quantitative estimate of drug-likeness (QED) is 0.676. The normalized spacial score (nSPS) is 10.2. The first-order valence-electron chi connectivity index (χ1n) is 8.17. The average Bonchev–Trinajstić information content (AvgIpc) is 2.57. The largest absolute Gasteiger partial charge is 0.397 e. The molecule has 6 nitrogen and oxygen atoms in total. The van der Waals surface area contributed by atoms with Gasteiger partial charge in [-0.3, -0.25) is 9.59 Å². The zero-order valence-corrected chi connectivity index (χ0v) is 14.6. The number of carbonyl (C=O) groups excluding carboxylic acids is 2. The van der Waals surface area contributed by atoms with Crippen LogP contribution in [0.4, 0.5) is 22.7 Å². The Hall–Kier alpha value is -3.02. The Morgan fingerprint density at radius 3 is 2.12 bits per heavy atom. The third-order valence-corrected chi connectivity index (χ3v) is 3.71. The summed E-state index contributed by atoms with van der Waals surface area (Å²) in [5.74, 6) is -0.259. The number of hydrogen-bond acceptors (Lipinski definition) is 4. The molecule has 0 saturated heterocycles. The van der Waals surface area contributed by atoms with E-state index in [-0.39, 0.29) is 24.7 Å². The summed E-state index contributed by atoms with van der Waals surface area (Å²) in [5.41, 5.74) is 8.71. The second-order valence-electron chi connectivity index (χ2n) is 5.98. The van der Waals surface area contributed by atoms with Gasteiger partial charge in [-0.2, -0.15) is 0 Å². The van der Waals surface area contributed by atoms with Crippen molar-refractivity contribution in [1.29, 1.82) is 0 Å². The molecule has 132 valence electrons. The minimum atomic E-state index is -0.152. The Morgan fingerprint density at radius 1 is 0.920 bits per heavy atom. The van der Waals surface area contributed by atoms with E-state index in [1.165, 1.54) is 0 Å². The van der Waals surface area contributed by atoms with Gasteiger partial charge in [-0.25, -0.2) is 0 Å². The van der Waals surface area contributed by atoms with E-state index in [2.05, 4.69) is 10.6 Å². The van der Waals surface area contributed by atoms with Gasteiger partial charge in [0, 0.05) is 38.3 Å². The highest BCUT2D eigenvalue weighted by molar-refractivity contribution is 5.94. The topological polar surface area (TPSA) is 87.5 Å². The van der Waals surface area contributed by atoms with Crippen LogP contribution in [0.3, 0.4) is 0 Å². The van der Waals surface area contributed by atoms with E-state index in [1.54, 1.807) is 24.3 Å². The number of anilines is 4. The molecule has 0 atom stereocenters. The standard InChI is InChI=1S/C19H24N4O2/c1-23(2)15-12-10-14(11-13-15)21-18(24)8-5-9-19(25)22-17-7-4-3-6-16(17)20/h3-4,6-7,10-13H,5,8-9,20H2,1-2H3,(H,21,24)(H,22,25). The fourth-order valence-corrected chi connectivity index (χ4v) is 2.30. The van der Waals surface area contributed by atoms with E-state index < -0.39 is 0 Å². The Labute approximate surface area is 148 Å². The maximum absolute atomic E-state index is 12.0. The lowest BCUT2D eigenvalue weighted by Crippen LogP contribution is -2.15. The van der Waals surface area contributed by atoms with Crippen molar-refractivity contribution in [3.63, 3.8) is 0 Å². The van der Waals surface area contributed by atoms with Crippen LogP contribution in [0.2, 0.25) is 0 Å². The lowest BCUT2D eigenvalue weighted by atomic mass is 10.2. The molecular formula is C19H24N4O2. The lowest BCUT2D eigenvalue weighted by Gasteiger charge is -2.13. The van der Waals surface area contributed by atoms with Crippen LogP contribution in [0.25, 0.3) is 0 Å². The van der Waals surface area contributed by atoms with Crippen molar-refractivity contribution in [3.8, 4) is 0 Å². The minimum Gasteiger partial charge on any atom is -0.397 e. The number of amides is 2. The van der Waals surface area contributed by atoms with Crippen molar-refractivity contribution in [2.24, 2.45) is 0 Å². The number of carbonyl (C=O) groups is 2. The average molecular weight is 340 g/mol. The second kappa shape index (κ2) is 8.73. The summed E-state index contributed by atoms with van der Waals surface area (Å²) in [6.07, 6.45) is 1.02. The molecule has 0 bridgehead atoms. The molecule has 2 amide bonds. The molecule has 0 aliphatic heterocycles. The first kappa shape index (κ1) is 18.3. The van der Waals surface area contributed by atoms with Gasteiger partial charge in [0.15, 0.2) is 0 Å². The number of hydrogen-bond donors (Lipinski definition) is 3. The Bertz CT molecular complexity index is 726. The van der Waals surface area contributed by atoms with Crippen molar-refractivity contribution in [3.05, 3.63) is 48.5 Å². The van der Waals surface area contributed by atoms with Crippen LogP contribution in [-0.2, 0) is 9.59 Å². The van der Waals surface area contributed by atoms with Gasteiger partial charge in [-0.1, -0.05) is 12.1 Å². The molecule has 0 aliphatic carbocycles. The minimum absolute atomic E-state index is 0.107. The molecule has 25 heavy (non-hydrogen) atoms. The number of benzene rings is 2. The maximum Gasteiger partial charge on any atom is 0.224 e. The number of para-hydroxylation sites is 2. The Morgan fingerprint density at radius 2 is 1.52 bits per heavy atom. The predicted molar refractivity (Wildman–Crippen MR) is 103 cm³/mol. The van der Waals surface area contributed by atoms with Crippen LogP contribution >= 0.6 is 0 Å². The fourth-order valence-electron chi connectivity index (χ4n) is 2.30. The van der Waals surface area contributed by atoms with Crippen LogP contribution < -0.4 is 21.3 Å². The van der Waals surface area contributed by atoms with Crippen LogP contribution in [-0.4, -0.2) is 25.9 Å². The Kier molecular flexibility index (Phi) is 6.39. The van der Waals surface area contributed by atoms with Gasteiger partial charge in [0.2, 0.25) is 11.8 Å². The summed E-state index contributed by atoms with van der Waals surface area (Å²) in [6, 6.07) is 14.7. The summed E-state index contributed by atoms with van der Waals surface area (Å²) < 4.78 is 0. The molecule has 2 rings (SSSR count). The van der Waals surface area contributed by atoms with Crippen LogP contribution in [0.5, 0.6) is 0 Å². The highest BCUT2D eigenvalue weighted by atomic mass is 16.2. The van der Waals surface area contributed by atoms with E-state index in [9.17, 15) is 9.59 Å². The van der Waals surface area contributed by atoms with Gasteiger partial charge in [-0.05, 0) is 42.8 Å². The maximum atomic E-state index is 12.0. The number of nitrogens with zero attached hydrogens (tertiary/aromatic N) is 1. The number of nitrogens with one attached hydrogen (secondary N) is 2. The van der Waals surface area contributed by atoms with Crippen LogP contribution in [0.15, 0.2) is 48.5 Å². The van der Waals surface area contributed by atoms with E-state index in [1.807, 2.05) is 43.3 Å². The zero-order chi connectivity index (χ0) is 18.2. The van der Waals surface area contributed by atoms with Crippen LogP contribution in [0, 0.1) is 0 Å². The zero-order valence-electron chi connectivity index (χ0n) is 14.6. The summed E-state index contributed by atoms with van der Waals surface area (Å²) >= 11 is 0. The number of nitrogens with two attached hydrogens (primary N) is 1. The van der Waals surface area contributed by atoms with Crippen molar-refractivity contribution in [2.45, 2.75) is 19.3 Å². The molecule has 0 heterocycles. The molecule has 0 radical (unpaired) electrons. The summed E-state index contributed by atoms with van der Waals surface area (Å²) in [5, 5.41) is 5.58. The third kappa shape index (κ3) is 5.84. The highest BCUT2D eigenvalue weighted by Crippen LogP contribution is 2.18. The molecule has 0 aromatic heterocycles. The first-order chi connectivity index (χ1) is 12.0. The summed E-state index contributed by atoms with van der Waals surface area (Å²) in [6.45, 7) is 0. The number of nitrogen functional groups attached to an aromatic ring is 1. The lowest BCUT2D eigenvalue weighted by molar-refractivity contribution is -0.117. The van der Waals surface area contributed by atoms with Crippen molar-refractivity contribution >= 4 is 34.6 Å². The first-order valence-corrected chi connectivity index (χ1v) is 8.17. The molecule has 6 heteroatoms. The fraction of sp³-hybridized carbons (Fsp3) is 0.263. The van der Waals surface area contributed by atoms with Crippen molar-refractivity contribution < 1.29 is 9.59 Å². The molecular weight excluding hydrogens is 316 g/mol. The molecule has 0 unspecified atom stereocenters. The van der Waals surface area contributed by atoms with Crippen molar-refractivity contribution in [2.75, 3.05) is 35.4 Å². The van der Waals surface area contributed by atoms with Gasteiger partial charge in [0.25, 0.3) is 0 Å². The van der Waals surface area contributed by atoms with Crippen molar-refractivity contribution in [1.82, 2.24) is 0 Å². The SMILES string of the molecule is CN(C)c1ccc(NC(=O)CCCC(=O)Nc2ccccc2N)cc1. The van der Waals surface area contributed by atoms with E-state index in [4.69, 9.17) is 5.73 Å². The molecule has 0 aliphatic rings. The molecule has 0 fully saturated rings. The van der Waals surface area contributed by atoms with Gasteiger partial charge in [0.05, 0.1) is 11.4 Å². The summed E-state index contributed by atoms with van der Waals surface area (Å²) in [7, 11) is 3.92. The molecule has 0 saturated carbocycles. The van der Waals surface area contributed by atoms with Gasteiger partial charge >= 0.3 is 0 Å². The van der Waals surface area contributed by atoms with E-state index in [0.29, 0.717) is 17.8 Å². The number of rotatable bonds is 7. The van der Waals surface area contributed by atoms with E-state index >= 15 is 0 Å². The second-order valence-corrected chi connectivity index (χ2v) is 5.98. The Balaban J connectivity index is 1.73. The molecule has 2 aromatic carbocycles. The molecule has 4 N–H and O–H groups in total. The van der Waals surface area contributed by atoms with Gasteiger partial charge < -0.3 is 21.3 Å². The third-order valence-electron chi connectivity index (χ3n) is 3.71. The van der Waals surface area contributed by atoms with E-state index in [0.717, 1.165) is 11.4 Å². The predicted octanol–water partition coefficient (Wildman–Crippen LogP) is 3.08. The smallest absolute Gasteiger partial charge is 0.224 e. The molecule has 2 aromatic rings. The van der Waals surface area contributed by atoms with Crippen LogP contribution in [0.1, 0.15) is 19.3 Å². The van der Waals surface area contributed by atoms with Gasteiger partial charge in [0.1, 0.15) is 0 Å².